The van der Waals surface area contributed by atoms with E-state index in [-0.39, 0.29) is 0 Å². The predicted octanol–water partition coefficient (Wildman–Crippen LogP) is 2.94. The predicted molar refractivity (Wildman–Crippen MR) is 61.3 cm³/mol. The van der Waals surface area contributed by atoms with E-state index < -0.39 is 8.07 Å². The van der Waals surface area contributed by atoms with Crippen LogP contribution in [0.3, 0.4) is 0 Å². The zero-order chi connectivity index (χ0) is 9.31. The number of fused-ring (bicyclic) bond motifs is 1. The fourth-order valence-corrected chi connectivity index (χ4v) is 5.44. The molecule has 0 spiro atoms. The Morgan fingerprint density at radius 3 is 2.69 bits per heavy atom. The van der Waals surface area contributed by atoms with Gasteiger partial charge in [0.15, 0.2) is 0 Å². The highest BCUT2D eigenvalue weighted by molar-refractivity contribution is 6.90. The van der Waals surface area contributed by atoms with Crippen molar-refractivity contribution in [2.75, 3.05) is 0 Å². The molecule has 1 aliphatic rings. The molecule has 0 saturated heterocycles. The van der Waals surface area contributed by atoms with Gasteiger partial charge < -0.3 is 0 Å². The number of aryl methyl sites for hydroxylation is 1. The molecular formula is C12H18Si. The van der Waals surface area contributed by atoms with Gasteiger partial charge in [-0.3, -0.25) is 0 Å². The van der Waals surface area contributed by atoms with E-state index in [9.17, 15) is 0 Å². The Labute approximate surface area is 82.0 Å². The minimum absolute atomic E-state index is 1.06. The maximum absolute atomic E-state index is 2.51. The van der Waals surface area contributed by atoms with Gasteiger partial charge in [0.25, 0.3) is 0 Å². The van der Waals surface area contributed by atoms with Gasteiger partial charge in [-0.15, -0.1) is 0 Å². The van der Waals surface area contributed by atoms with Crippen LogP contribution in [0.2, 0.25) is 19.1 Å². The van der Waals surface area contributed by atoms with E-state index in [2.05, 4.69) is 37.4 Å². The van der Waals surface area contributed by atoms with Crippen molar-refractivity contribution in [1.29, 1.82) is 0 Å². The Morgan fingerprint density at radius 1 is 1.08 bits per heavy atom. The Hall–Kier alpha value is -0.563. The highest BCUT2D eigenvalue weighted by Crippen LogP contribution is 2.21. The Kier molecular flexibility index (Phi) is 2.29. The Morgan fingerprint density at radius 2 is 1.85 bits per heavy atom. The molecule has 2 rings (SSSR count). The summed E-state index contributed by atoms with van der Waals surface area (Å²) in [5.41, 5.74) is 1.64. The van der Waals surface area contributed by atoms with Crippen LogP contribution in [0.4, 0.5) is 0 Å². The molecule has 0 fully saturated rings. The number of hydrogen-bond donors (Lipinski definition) is 0. The van der Waals surface area contributed by atoms with E-state index in [0.717, 1.165) is 0 Å². The van der Waals surface area contributed by atoms with Crippen LogP contribution < -0.4 is 5.19 Å². The fourth-order valence-electron chi connectivity index (χ4n) is 2.42. The van der Waals surface area contributed by atoms with E-state index in [1.807, 2.05) is 0 Å². The maximum Gasteiger partial charge on any atom is 0.0809 e. The van der Waals surface area contributed by atoms with Crippen LogP contribution in [0.5, 0.6) is 0 Å². The van der Waals surface area contributed by atoms with Gasteiger partial charge in [0.05, 0.1) is 8.07 Å². The van der Waals surface area contributed by atoms with Crippen molar-refractivity contribution in [2.45, 2.75) is 38.4 Å². The van der Waals surface area contributed by atoms with Crippen LogP contribution in [0.15, 0.2) is 24.3 Å². The van der Waals surface area contributed by atoms with Crippen molar-refractivity contribution < 1.29 is 0 Å². The molecular weight excluding hydrogens is 172 g/mol. The molecule has 1 heteroatoms. The second-order valence-electron chi connectivity index (χ2n) is 4.75. The van der Waals surface area contributed by atoms with Crippen LogP contribution in [0, 0.1) is 0 Å². The van der Waals surface area contributed by atoms with Crippen LogP contribution in [-0.4, -0.2) is 8.07 Å². The van der Waals surface area contributed by atoms with Gasteiger partial charge in [0.2, 0.25) is 0 Å². The normalized spacial score (nSPS) is 20.5. The lowest BCUT2D eigenvalue weighted by atomic mass is 10.1. The van der Waals surface area contributed by atoms with Gasteiger partial charge in [-0.25, -0.2) is 0 Å². The molecule has 13 heavy (non-hydrogen) atoms. The Bertz CT molecular complexity index is 302. The summed E-state index contributed by atoms with van der Waals surface area (Å²) in [6.45, 7) is 5.02. The standard InChI is InChI=1S/C12H18Si/c1-13(2)10-6-5-8-11-7-3-4-9-12(11)13/h3-4,7,9H,5-6,8,10H2,1-2H3. The molecule has 0 nitrogen and oxygen atoms in total. The summed E-state index contributed by atoms with van der Waals surface area (Å²) in [5.74, 6) is 0. The minimum atomic E-state index is -1.06. The summed E-state index contributed by atoms with van der Waals surface area (Å²) < 4.78 is 0. The molecule has 0 saturated carbocycles. The molecule has 0 unspecified atom stereocenters. The van der Waals surface area contributed by atoms with Crippen molar-refractivity contribution in [3.8, 4) is 0 Å². The van der Waals surface area contributed by atoms with Crippen LogP contribution >= 0.6 is 0 Å². The van der Waals surface area contributed by atoms with Crippen molar-refractivity contribution in [1.82, 2.24) is 0 Å². The lowest BCUT2D eigenvalue weighted by Crippen LogP contribution is -2.41. The van der Waals surface area contributed by atoms with Crippen molar-refractivity contribution >= 4 is 13.3 Å². The third-order valence-electron chi connectivity index (χ3n) is 3.24. The Balaban J connectivity index is 2.48. The summed E-state index contributed by atoms with van der Waals surface area (Å²) in [7, 11) is -1.06. The quantitative estimate of drug-likeness (QED) is 0.552. The molecule has 1 heterocycles. The summed E-state index contributed by atoms with van der Waals surface area (Å²) in [5, 5.41) is 1.72. The molecule has 0 aromatic heterocycles. The average Bonchev–Trinajstić information content (AvgIpc) is 2.26. The third kappa shape index (κ3) is 1.71. The van der Waals surface area contributed by atoms with Gasteiger partial charge >= 0.3 is 0 Å². The first-order chi connectivity index (χ1) is 6.20. The first-order valence-electron chi connectivity index (χ1n) is 5.28. The number of hydrogen-bond acceptors (Lipinski definition) is 0. The SMILES string of the molecule is C[Si]1(C)CCCCc2ccccc21. The minimum Gasteiger partial charge on any atom is -0.0654 e. The van der Waals surface area contributed by atoms with E-state index in [0.29, 0.717) is 0 Å². The van der Waals surface area contributed by atoms with E-state index in [1.54, 1.807) is 10.8 Å². The maximum atomic E-state index is 2.51. The molecule has 0 amide bonds. The van der Waals surface area contributed by atoms with Gasteiger partial charge in [0, 0.05) is 0 Å². The summed E-state index contributed by atoms with van der Waals surface area (Å²) >= 11 is 0. The highest BCUT2D eigenvalue weighted by Gasteiger charge is 2.26. The second kappa shape index (κ2) is 3.30. The highest BCUT2D eigenvalue weighted by atomic mass is 28.3. The first kappa shape index (κ1) is 9.01. The molecule has 0 atom stereocenters. The summed E-state index contributed by atoms with van der Waals surface area (Å²) in [6, 6.07) is 10.6. The summed E-state index contributed by atoms with van der Waals surface area (Å²) in [4.78, 5) is 0. The van der Waals surface area contributed by atoms with Gasteiger partial charge in [-0.2, -0.15) is 0 Å². The number of rotatable bonds is 0. The monoisotopic (exact) mass is 190 g/mol. The molecule has 0 aliphatic carbocycles. The zero-order valence-corrected chi connectivity index (χ0v) is 9.64. The topological polar surface area (TPSA) is 0 Å². The molecule has 0 bridgehead atoms. The van der Waals surface area contributed by atoms with Crippen molar-refractivity contribution in [3.05, 3.63) is 29.8 Å². The van der Waals surface area contributed by atoms with Crippen LogP contribution in [0.25, 0.3) is 0 Å². The molecule has 0 radical (unpaired) electrons. The molecule has 1 aromatic rings. The van der Waals surface area contributed by atoms with Crippen molar-refractivity contribution in [3.63, 3.8) is 0 Å². The zero-order valence-electron chi connectivity index (χ0n) is 8.64. The molecule has 1 aromatic carbocycles. The van der Waals surface area contributed by atoms with Crippen LogP contribution in [0.1, 0.15) is 18.4 Å². The largest absolute Gasteiger partial charge is 0.0809 e. The molecule has 1 aliphatic heterocycles. The molecule has 70 valence electrons. The van der Waals surface area contributed by atoms with E-state index in [4.69, 9.17) is 0 Å². The van der Waals surface area contributed by atoms with Gasteiger partial charge in [-0.1, -0.05) is 55.0 Å². The van der Waals surface area contributed by atoms with E-state index in [1.165, 1.54) is 25.3 Å². The van der Waals surface area contributed by atoms with Gasteiger partial charge in [-0.05, 0) is 18.4 Å². The third-order valence-corrected chi connectivity index (χ3v) is 6.79. The lowest BCUT2D eigenvalue weighted by molar-refractivity contribution is 0.799. The van der Waals surface area contributed by atoms with Gasteiger partial charge in [0.1, 0.15) is 0 Å². The lowest BCUT2D eigenvalue weighted by Gasteiger charge is -2.22. The average molecular weight is 190 g/mol. The van der Waals surface area contributed by atoms with E-state index >= 15 is 0 Å². The second-order valence-corrected chi connectivity index (χ2v) is 9.55. The van der Waals surface area contributed by atoms with Crippen LogP contribution in [-0.2, 0) is 6.42 Å². The number of benzene rings is 1. The first-order valence-corrected chi connectivity index (χ1v) is 8.49. The fraction of sp³-hybridized carbons (Fsp3) is 0.500. The molecule has 0 N–H and O–H groups in total. The van der Waals surface area contributed by atoms with Crippen molar-refractivity contribution in [2.24, 2.45) is 0 Å². The smallest absolute Gasteiger partial charge is 0.0654 e. The summed E-state index contributed by atoms with van der Waals surface area (Å²) in [6.07, 6.45) is 4.15.